The van der Waals surface area contributed by atoms with Crippen molar-refractivity contribution in [1.29, 1.82) is 0 Å². The Labute approximate surface area is 139 Å². The molecule has 0 amide bonds. The van der Waals surface area contributed by atoms with Crippen molar-refractivity contribution in [3.63, 3.8) is 0 Å². The number of aliphatic imine (C=N–C) groups is 1. The van der Waals surface area contributed by atoms with Crippen LogP contribution in [0.1, 0.15) is 19.8 Å². The van der Waals surface area contributed by atoms with Crippen molar-refractivity contribution in [2.24, 2.45) is 4.99 Å². The smallest absolute Gasteiger partial charge is 0.191 e. The standard InChI is InChI=1S/C16H27N3O3S/c1-4-14(19-16(17-2)18-11-8-12-22-3)13-23(20,21)15-9-6-5-7-10-15/h5-7,9-10,14H,4,8,11-13H2,1-3H3,(H2,17,18,19). The lowest BCUT2D eigenvalue weighted by atomic mass is 10.3. The van der Waals surface area contributed by atoms with Crippen LogP contribution in [0, 0.1) is 0 Å². The fourth-order valence-electron chi connectivity index (χ4n) is 2.06. The summed E-state index contributed by atoms with van der Waals surface area (Å²) in [4.78, 5) is 4.49. The Kier molecular flexibility index (Phi) is 8.65. The largest absolute Gasteiger partial charge is 0.385 e. The number of methoxy groups -OCH3 is 1. The second kappa shape index (κ2) is 10.2. The molecule has 0 aliphatic carbocycles. The first-order chi connectivity index (χ1) is 11.0. The monoisotopic (exact) mass is 341 g/mol. The zero-order valence-corrected chi connectivity index (χ0v) is 14.9. The minimum absolute atomic E-state index is 0.0340. The molecule has 1 aromatic rings. The third-order valence-corrected chi connectivity index (χ3v) is 5.23. The normalized spacial score (nSPS) is 13.6. The maximum atomic E-state index is 12.5. The van der Waals surface area contributed by atoms with E-state index in [0.717, 1.165) is 13.0 Å². The van der Waals surface area contributed by atoms with E-state index in [0.29, 0.717) is 23.9 Å². The summed E-state index contributed by atoms with van der Waals surface area (Å²) >= 11 is 0. The van der Waals surface area contributed by atoms with Crippen LogP contribution in [0.15, 0.2) is 40.2 Å². The van der Waals surface area contributed by atoms with Crippen molar-refractivity contribution in [1.82, 2.24) is 10.6 Å². The molecule has 1 rings (SSSR count). The number of hydrogen-bond acceptors (Lipinski definition) is 4. The quantitative estimate of drug-likeness (QED) is 0.404. The molecule has 0 radical (unpaired) electrons. The summed E-state index contributed by atoms with van der Waals surface area (Å²) in [5.41, 5.74) is 0. The maximum absolute atomic E-state index is 12.5. The van der Waals surface area contributed by atoms with Gasteiger partial charge in [0.1, 0.15) is 0 Å². The van der Waals surface area contributed by atoms with Gasteiger partial charge in [0.05, 0.1) is 10.6 Å². The fourth-order valence-corrected chi connectivity index (χ4v) is 3.67. The molecule has 0 fully saturated rings. The highest BCUT2D eigenvalue weighted by molar-refractivity contribution is 7.91. The van der Waals surface area contributed by atoms with Crippen molar-refractivity contribution in [2.45, 2.75) is 30.7 Å². The average Bonchev–Trinajstić information content (AvgIpc) is 2.57. The molecule has 0 aromatic heterocycles. The number of hydrogen-bond donors (Lipinski definition) is 2. The Hall–Kier alpha value is -1.60. The Morgan fingerprint density at radius 1 is 1.30 bits per heavy atom. The van der Waals surface area contributed by atoms with Crippen LogP contribution in [0.3, 0.4) is 0 Å². The molecule has 23 heavy (non-hydrogen) atoms. The number of sulfone groups is 1. The molecule has 1 aromatic carbocycles. The number of guanidine groups is 1. The van der Waals surface area contributed by atoms with Gasteiger partial charge < -0.3 is 15.4 Å². The summed E-state index contributed by atoms with van der Waals surface area (Å²) in [5.74, 6) is 0.642. The van der Waals surface area contributed by atoms with Crippen molar-refractivity contribution >= 4 is 15.8 Å². The highest BCUT2D eigenvalue weighted by Gasteiger charge is 2.20. The highest BCUT2D eigenvalue weighted by Crippen LogP contribution is 2.12. The average molecular weight is 341 g/mol. The van der Waals surface area contributed by atoms with E-state index in [1.807, 2.05) is 6.92 Å². The summed E-state index contributed by atoms with van der Waals surface area (Å²) in [6, 6.07) is 8.32. The minimum atomic E-state index is -3.32. The number of nitrogens with zero attached hydrogens (tertiary/aromatic N) is 1. The van der Waals surface area contributed by atoms with Gasteiger partial charge in [0, 0.05) is 33.4 Å². The van der Waals surface area contributed by atoms with E-state index in [2.05, 4.69) is 15.6 Å². The van der Waals surface area contributed by atoms with Crippen LogP contribution in [0.25, 0.3) is 0 Å². The predicted molar refractivity (Wildman–Crippen MR) is 93.6 cm³/mol. The molecule has 0 heterocycles. The molecule has 0 aliphatic rings. The number of nitrogens with one attached hydrogen (secondary N) is 2. The van der Waals surface area contributed by atoms with Gasteiger partial charge in [0.15, 0.2) is 15.8 Å². The van der Waals surface area contributed by atoms with Gasteiger partial charge in [-0.15, -0.1) is 0 Å². The molecule has 2 N–H and O–H groups in total. The molecule has 0 saturated heterocycles. The molecular weight excluding hydrogens is 314 g/mol. The predicted octanol–water partition coefficient (Wildman–Crippen LogP) is 1.44. The first-order valence-corrected chi connectivity index (χ1v) is 9.42. The third-order valence-electron chi connectivity index (χ3n) is 3.40. The molecule has 0 spiro atoms. The molecule has 130 valence electrons. The Morgan fingerprint density at radius 2 is 2.00 bits per heavy atom. The molecule has 1 atom stereocenters. The summed E-state index contributed by atoms with van der Waals surface area (Å²) in [5, 5.41) is 6.33. The lowest BCUT2D eigenvalue weighted by molar-refractivity contribution is 0.195. The van der Waals surface area contributed by atoms with E-state index in [1.54, 1.807) is 44.5 Å². The topological polar surface area (TPSA) is 79.8 Å². The van der Waals surface area contributed by atoms with Gasteiger partial charge in [0.2, 0.25) is 0 Å². The summed E-state index contributed by atoms with van der Waals surface area (Å²) < 4.78 is 29.9. The lowest BCUT2D eigenvalue weighted by Gasteiger charge is -2.20. The van der Waals surface area contributed by atoms with Crippen LogP contribution in [0.2, 0.25) is 0 Å². The second-order valence-corrected chi connectivity index (χ2v) is 7.22. The number of rotatable bonds is 9. The summed E-state index contributed by atoms with van der Waals surface area (Å²) in [6.07, 6.45) is 1.54. The second-order valence-electron chi connectivity index (χ2n) is 5.19. The third kappa shape index (κ3) is 7.00. The summed E-state index contributed by atoms with van der Waals surface area (Å²) in [7, 11) is 0.0122. The van der Waals surface area contributed by atoms with Crippen LogP contribution in [0.4, 0.5) is 0 Å². The lowest BCUT2D eigenvalue weighted by Crippen LogP contribution is -2.46. The number of benzene rings is 1. The zero-order chi connectivity index (χ0) is 17.1. The van der Waals surface area contributed by atoms with Crippen LogP contribution in [-0.4, -0.2) is 53.5 Å². The minimum Gasteiger partial charge on any atom is -0.385 e. The van der Waals surface area contributed by atoms with E-state index in [4.69, 9.17) is 4.74 Å². The Balaban J connectivity index is 2.62. The zero-order valence-electron chi connectivity index (χ0n) is 14.1. The fraction of sp³-hybridized carbons (Fsp3) is 0.562. The van der Waals surface area contributed by atoms with Gasteiger partial charge in [-0.25, -0.2) is 8.42 Å². The van der Waals surface area contributed by atoms with Crippen LogP contribution in [-0.2, 0) is 14.6 Å². The first-order valence-electron chi connectivity index (χ1n) is 7.77. The first kappa shape index (κ1) is 19.4. The Morgan fingerprint density at radius 3 is 2.57 bits per heavy atom. The van der Waals surface area contributed by atoms with Crippen molar-refractivity contribution < 1.29 is 13.2 Å². The van der Waals surface area contributed by atoms with Crippen molar-refractivity contribution in [3.8, 4) is 0 Å². The highest BCUT2D eigenvalue weighted by atomic mass is 32.2. The van der Waals surface area contributed by atoms with Gasteiger partial charge >= 0.3 is 0 Å². The number of ether oxygens (including phenoxy) is 1. The van der Waals surface area contributed by atoms with E-state index in [9.17, 15) is 8.42 Å². The molecule has 0 aliphatic heterocycles. The summed E-state index contributed by atoms with van der Waals surface area (Å²) in [6.45, 7) is 3.34. The van der Waals surface area contributed by atoms with E-state index in [-0.39, 0.29) is 11.8 Å². The van der Waals surface area contributed by atoms with Gasteiger partial charge in [-0.2, -0.15) is 0 Å². The van der Waals surface area contributed by atoms with Gasteiger partial charge in [0.25, 0.3) is 0 Å². The van der Waals surface area contributed by atoms with Gasteiger partial charge in [-0.1, -0.05) is 25.1 Å². The van der Waals surface area contributed by atoms with Crippen LogP contribution >= 0.6 is 0 Å². The SMILES string of the molecule is CCC(CS(=O)(=O)c1ccccc1)NC(=NC)NCCCOC. The molecule has 7 heteroatoms. The molecule has 0 saturated carbocycles. The van der Waals surface area contributed by atoms with Crippen LogP contribution < -0.4 is 10.6 Å². The van der Waals surface area contributed by atoms with Crippen molar-refractivity contribution in [2.75, 3.05) is 33.1 Å². The van der Waals surface area contributed by atoms with E-state index >= 15 is 0 Å². The molecule has 1 unspecified atom stereocenters. The van der Waals surface area contributed by atoms with Gasteiger partial charge in [-0.3, -0.25) is 4.99 Å². The van der Waals surface area contributed by atoms with Gasteiger partial charge in [-0.05, 0) is 25.0 Å². The molecule has 0 bridgehead atoms. The van der Waals surface area contributed by atoms with E-state index in [1.165, 1.54) is 0 Å². The van der Waals surface area contributed by atoms with Crippen molar-refractivity contribution in [3.05, 3.63) is 30.3 Å². The molecule has 6 nitrogen and oxygen atoms in total. The Bertz CT molecular complexity index is 573. The van der Waals surface area contributed by atoms with E-state index < -0.39 is 9.84 Å². The maximum Gasteiger partial charge on any atom is 0.191 e. The molecular formula is C16H27N3O3S. The van der Waals surface area contributed by atoms with Crippen LogP contribution in [0.5, 0.6) is 0 Å².